The number of thiocarbonyl (C=S) groups is 1. The van der Waals surface area contributed by atoms with Crippen molar-refractivity contribution in [2.24, 2.45) is 0 Å². The predicted molar refractivity (Wildman–Crippen MR) is 93.3 cm³/mol. The molecule has 1 heterocycles. The molecule has 0 radical (unpaired) electrons. The Hall–Kier alpha value is -1.80. The van der Waals surface area contributed by atoms with Gasteiger partial charge >= 0.3 is 5.97 Å². The van der Waals surface area contributed by atoms with Gasteiger partial charge in [0.15, 0.2) is 16.6 Å². The van der Waals surface area contributed by atoms with Crippen LogP contribution in [0, 0.1) is 0 Å². The van der Waals surface area contributed by atoms with Crippen LogP contribution in [0.3, 0.4) is 0 Å². The SMILES string of the molecule is CCOC(=O)C1=C(C)NC(=S)NC1c1cc(Br)c(O)c(OC)c1. The standard InChI is InChI=1S/C15H17BrN2O4S/c1-4-22-14(20)11-7(2)17-15(23)18-12(11)8-5-9(16)13(19)10(6-8)21-3/h5-6,12,19H,4H2,1-3H3,(H2,17,18,23). The molecule has 0 aliphatic carbocycles. The zero-order valence-corrected chi connectivity index (χ0v) is 15.3. The van der Waals surface area contributed by atoms with Crippen molar-refractivity contribution < 1.29 is 19.4 Å². The highest BCUT2D eigenvalue weighted by atomic mass is 79.9. The number of carbonyl (C=O) groups is 1. The van der Waals surface area contributed by atoms with E-state index < -0.39 is 12.0 Å². The van der Waals surface area contributed by atoms with E-state index in [1.165, 1.54) is 7.11 Å². The largest absolute Gasteiger partial charge is 0.503 e. The molecule has 0 fully saturated rings. The average molecular weight is 401 g/mol. The Kier molecular flexibility index (Phi) is 5.48. The summed E-state index contributed by atoms with van der Waals surface area (Å²) in [5.74, 6) is -0.145. The van der Waals surface area contributed by atoms with E-state index in [9.17, 15) is 9.90 Å². The second kappa shape index (κ2) is 7.18. The first-order valence-electron chi connectivity index (χ1n) is 6.90. The van der Waals surface area contributed by atoms with E-state index in [2.05, 4.69) is 26.6 Å². The third-order valence-corrected chi connectivity index (χ3v) is 4.19. The highest BCUT2D eigenvalue weighted by molar-refractivity contribution is 9.10. The summed E-state index contributed by atoms with van der Waals surface area (Å²) in [6.45, 7) is 3.78. The topological polar surface area (TPSA) is 79.8 Å². The molecule has 124 valence electrons. The highest BCUT2D eigenvalue weighted by Crippen LogP contribution is 2.39. The lowest BCUT2D eigenvalue weighted by molar-refractivity contribution is -0.139. The van der Waals surface area contributed by atoms with E-state index in [1.807, 2.05) is 0 Å². The third kappa shape index (κ3) is 3.59. The second-order valence-corrected chi connectivity index (χ2v) is 6.11. The average Bonchev–Trinajstić information content (AvgIpc) is 2.49. The van der Waals surface area contributed by atoms with Crippen molar-refractivity contribution in [2.45, 2.75) is 19.9 Å². The molecule has 0 bridgehead atoms. The van der Waals surface area contributed by atoms with E-state index in [4.69, 9.17) is 21.7 Å². The zero-order valence-electron chi connectivity index (χ0n) is 12.9. The minimum absolute atomic E-state index is 0.00820. The fourth-order valence-electron chi connectivity index (χ4n) is 2.34. The Morgan fingerprint density at radius 3 is 2.78 bits per heavy atom. The van der Waals surface area contributed by atoms with Gasteiger partial charge in [-0.3, -0.25) is 0 Å². The van der Waals surface area contributed by atoms with E-state index in [0.717, 1.165) is 0 Å². The fraction of sp³-hybridized carbons (Fsp3) is 0.333. The van der Waals surface area contributed by atoms with Gasteiger partial charge in [-0.05, 0) is 59.7 Å². The van der Waals surface area contributed by atoms with Crippen LogP contribution in [0.4, 0.5) is 0 Å². The molecule has 2 rings (SSSR count). The van der Waals surface area contributed by atoms with Crippen LogP contribution < -0.4 is 15.4 Å². The minimum atomic E-state index is -0.506. The number of aromatic hydroxyl groups is 1. The Labute approximate surface area is 148 Å². The predicted octanol–water partition coefficient (Wildman–Crippen LogP) is 2.52. The van der Waals surface area contributed by atoms with E-state index in [0.29, 0.717) is 32.2 Å². The summed E-state index contributed by atoms with van der Waals surface area (Å²) in [6.07, 6.45) is 0. The Morgan fingerprint density at radius 1 is 1.48 bits per heavy atom. The summed E-state index contributed by atoms with van der Waals surface area (Å²) in [6, 6.07) is 2.85. The Balaban J connectivity index is 2.54. The van der Waals surface area contributed by atoms with E-state index in [-0.39, 0.29) is 12.4 Å². The number of carbonyl (C=O) groups excluding carboxylic acids is 1. The first-order valence-corrected chi connectivity index (χ1v) is 8.11. The summed E-state index contributed by atoms with van der Waals surface area (Å²) in [5.41, 5.74) is 1.76. The minimum Gasteiger partial charge on any atom is -0.503 e. The van der Waals surface area contributed by atoms with Crippen LogP contribution in [-0.2, 0) is 9.53 Å². The van der Waals surface area contributed by atoms with Crippen molar-refractivity contribution in [3.63, 3.8) is 0 Å². The fourth-order valence-corrected chi connectivity index (χ4v) is 3.07. The van der Waals surface area contributed by atoms with Crippen molar-refractivity contribution in [1.29, 1.82) is 0 Å². The number of esters is 1. The number of allylic oxidation sites excluding steroid dienone is 1. The number of methoxy groups -OCH3 is 1. The number of rotatable bonds is 4. The molecule has 0 saturated heterocycles. The monoisotopic (exact) mass is 400 g/mol. The number of halogens is 1. The molecule has 1 atom stereocenters. The molecule has 1 aliphatic rings. The highest BCUT2D eigenvalue weighted by Gasteiger charge is 2.31. The van der Waals surface area contributed by atoms with Gasteiger partial charge in [0.25, 0.3) is 0 Å². The first-order chi connectivity index (χ1) is 10.9. The van der Waals surface area contributed by atoms with Crippen molar-refractivity contribution >= 4 is 39.2 Å². The van der Waals surface area contributed by atoms with Gasteiger partial charge in [0.05, 0.1) is 29.8 Å². The molecular formula is C15H17BrN2O4S. The van der Waals surface area contributed by atoms with Crippen molar-refractivity contribution in [1.82, 2.24) is 10.6 Å². The summed E-state index contributed by atoms with van der Waals surface area (Å²) in [5, 5.41) is 16.3. The zero-order chi connectivity index (χ0) is 17.1. The molecule has 0 aromatic heterocycles. The first kappa shape index (κ1) is 17.6. The molecular weight excluding hydrogens is 384 g/mol. The second-order valence-electron chi connectivity index (χ2n) is 4.84. The summed E-state index contributed by atoms with van der Waals surface area (Å²) in [4.78, 5) is 12.3. The third-order valence-electron chi connectivity index (χ3n) is 3.37. The van der Waals surface area contributed by atoms with Crippen LogP contribution in [0.1, 0.15) is 25.5 Å². The molecule has 6 nitrogen and oxygen atoms in total. The molecule has 1 unspecified atom stereocenters. The molecule has 0 amide bonds. The molecule has 1 aromatic rings. The van der Waals surface area contributed by atoms with Crippen LogP contribution in [-0.4, -0.2) is 29.9 Å². The van der Waals surface area contributed by atoms with Crippen molar-refractivity contribution in [3.05, 3.63) is 33.4 Å². The molecule has 8 heteroatoms. The quantitative estimate of drug-likeness (QED) is 0.529. The number of hydrogen-bond donors (Lipinski definition) is 3. The lowest BCUT2D eigenvalue weighted by Gasteiger charge is -2.30. The number of hydrogen-bond acceptors (Lipinski definition) is 5. The van der Waals surface area contributed by atoms with Crippen molar-refractivity contribution in [2.75, 3.05) is 13.7 Å². The number of nitrogens with one attached hydrogen (secondary N) is 2. The van der Waals surface area contributed by atoms with Crippen LogP contribution in [0.2, 0.25) is 0 Å². The lowest BCUT2D eigenvalue weighted by Crippen LogP contribution is -2.45. The maximum Gasteiger partial charge on any atom is 0.338 e. The van der Waals surface area contributed by atoms with Crippen LogP contribution in [0.15, 0.2) is 27.9 Å². The number of benzene rings is 1. The molecule has 1 aliphatic heterocycles. The van der Waals surface area contributed by atoms with Gasteiger partial charge in [-0.15, -0.1) is 0 Å². The maximum atomic E-state index is 12.3. The summed E-state index contributed by atoms with van der Waals surface area (Å²) >= 11 is 8.47. The van der Waals surface area contributed by atoms with Gasteiger partial charge in [-0.25, -0.2) is 4.79 Å². The van der Waals surface area contributed by atoms with Gasteiger partial charge in [0.1, 0.15) is 0 Å². The lowest BCUT2D eigenvalue weighted by atomic mass is 9.95. The summed E-state index contributed by atoms with van der Waals surface area (Å²) in [7, 11) is 1.46. The molecule has 0 spiro atoms. The molecule has 0 saturated carbocycles. The smallest absolute Gasteiger partial charge is 0.338 e. The Morgan fingerprint density at radius 2 is 2.17 bits per heavy atom. The van der Waals surface area contributed by atoms with Gasteiger partial charge in [0.2, 0.25) is 0 Å². The van der Waals surface area contributed by atoms with Gasteiger partial charge in [0, 0.05) is 5.70 Å². The van der Waals surface area contributed by atoms with Crippen LogP contribution in [0.25, 0.3) is 0 Å². The van der Waals surface area contributed by atoms with E-state index in [1.54, 1.807) is 26.0 Å². The number of ether oxygens (including phenoxy) is 2. The van der Waals surface area contributed by atoms with Crippen LogP contribution in [0.5, 0.6) is 11.5 Å². The molecule has 23 heavy (non-hydrogen) atoms. The summed E-state index contributed by atoms with van der Waals surface area (Å²) < 4.78 is 10.8. The Bertz CT molecular complexity index is 690. The van der Waals surface area contributed by atoms with E-state index >= 15 is 0 Å². The maximum absolute atomic E-state index is 12.3. The van der Waals surface area contributed by atoms with Gasteiger partial charge < -0.3 is 25.2 Å². The molecule has 1 aromatic carbocycles. The molecule has 3 N–H and O–H groups in total. The normalized spacial score (nSPS) is 17.4. The van der Waals surface area contributed by atoms with Crippen molar-refractivity contribution in [3.8, 4) is 11.5 Å². The van der Waals surface area contributed by atoms with Gasteiger partial charge in [-0.2, -0.15) is 0 Å². The number of phenols is 1. The number of phenolic OH excluding ortho intramolecular Hbond substituents is 1. The van der Waals surface area contributed by atoms with Crippen LogP contribution >= 0.6 is 28.1 Å². The van der Waals surface area contributed by atoms with Gasteiger partial charge in [-0.1, -0.05) is 0 Å².